The summed E-state index contributed by atoms with van der Waals surface area (Å²) in [6.07, 6.45) is 3.02. The standard InChI is InChI=1S/C23H27N5O3/c1-3-31-18-8-6-16(7-9-18)15-25-22(29)17-10-13-28(14-11-17)21-23(30)27(2)20-19(26-21)5-4-12-24-20/h4-9,12,17H,3,10-11,13-15H2,1-2H3,(H,25,29). The summed E-state index contributed by atoms with van der Waals surface area (Å²) in [6, 6.07) is 11.4. The zero-order valence-corrected chi connectivity index (χ0v) is 17.9. The molecule has 8 heteroatoms. The molecule has 0 saturated carbocycles. The average molecular weight is 422 g/mol. The normalized spacial score (nSPS) is 14.6. The number of anilines is 1. The van der Waals surface area contributed by atoms with E-state index >= 15 is 0 Å². The minimum Gasteiger partial charge on any atom is -0.494 e. The van der Waals surface area contributed by atoms with Crippen LogP contribution in [0, 0.1) is 5.92 Å². The molecule has 1 aliphatic heterocycles. The maximum atomic E-state index is 12.8. The van der Waals surface area contributed by atoms with Crippen molar-refractivity contribution in [3.05, 3.63) is 58.5 Å². The second kappa shape index (κ2) is 9.16. The van der Waals surface area contributed by atoms with E-state index < -0.39 is 0 Å². The summed E-state index contributed by atoms with van der Waals surface area (Å²) in [7, 11) is 1.71. The average Bonchev–Trinajstić information content (AvgIpc) is 2.81. The molecule has 31 heavy (non-hydrogen) atoms. The Balaban J connectivity index is 1.35. The summed E-state index contributed by atoms with van der Waals surface area (Å²) in [5.74, 6) is 1.24. The molecule has 0 bridgehead atoms. The number of carbonyl (C=O) groups is 1. The molecule has 0 atom stereocenters. The molecule has 1 aliphatic rings. The Morgan fingerprint density at radius 1 is 1.19 bits per heavy atom. The first kappa shape index (κ1) is 20.8. The number of pyridine rings is 1. The van der Waals surface area contributed by atoms with Crippen molar-refractivity contribution in [3.8, 4) is 5.75 Å². The van der Waals surface area contributed by atoms with Crippen LogP contribution >= 0.6 is 0 Å². The Morgan fingerprint density at radius 3 is 2.65 bits per heavy atom. The molecule has 1 aromatic carbocycles. The van der Waals surface area contributed by atoms with Crippen LogP contribution < -0.4 is 20.5 Å². The number of nitrogens with zero attached hydrogens (tertiary/aromatic N) is 4. The van der Waals surface area contributed by atoms with Crippen LogP contribution in [0.25, 0.3) is 11.2 Å². The Bertz CT molecular complexity index is 1120. The van der Waals surface area contributed by atoms with Gasteiger partial charge in [-0.15, -0.1) is 0 Å². The fourth-order valence-electron chi connectivity index (χ4n) is 3.91. The number of aryl methyl sites for hydroxylation is 1. The lowest BCUT2D eigenvalue weighted by atomic mass is 9.96. The van der Waals surface area contributed by atoms with Gasteiger partial charge in [-0.1, -0.05) is 12.1 Å². The first-order valence-electron chi connectivity index (χ1n) is 10.6. The summed E-state index contributed by atoms with van der Waals surface area (Å²) < 4.78 is 6.98. The molecule has 3 aromatic rings. The van der Waals surface area contributed by atoms with E-state index in [1.807, 2.05) is 48.2 Å². The fraction of sp³-hybridized carbons (Fsp3) is 0.391. The molecule has 162 valence electrons. The van der Waals surface area contributed by atoms with Gasteiger partial charge in [-0.2, -0.15) is 0 Å². The number of rotatable bonds is 6. The van der Waals surface area contributed by atoms with Gasteiger partial charge in [0.2, 0.25) is 5.91 Å². The summed E-state index contributed by atoms with van der Waals surface area (Å²) in [4.78, 5) is 36.2. The van der Waals surface area contributed by atoms with Gasteiger partial charge in [0.1, 0.15) is 11.3 Å². The summed E-state index contributed by atoms with van der Waals surface area (Å²) >= 11 is 0. The van der Waals surface area contributed by atoms with E-state index in [4.69, 9.17) is 4.74 Å². The predicted octanol–water partition coefficient (Wildman–Crippen LogP) is 2.26. The van der Waals surface area contributed by atoms with Gasteiger partial charge in [0.05, 0.1) is 6.61 Å². The number of nitrogens with one attached hydrogen (secondary N) is 1. The molecule has 1 N–H and O–H groups in total. The van der Waals surface area contributed by atoms with Crippen molar-refractivity contribution in [2.75, 3.05) is 24.6 Å². The predicted molar refractivity (Wildman–Crippen MR) is 119 cm³/mol. The molecule has 0 unspecified atom stereocenters. The quantitative estimate of drug-likeness (QED) is 0.657. The zero-order chi connectivity index (χ0) is 21.8. The topological polar surface area (TPSA) is 89.3 Å². The van der Waals surface area contributed by atoms with Gasteiger partial charge in [0.25, 0.3) is 5.56 Å². The molecular formula is C23H27N5O3. The van der Waals surface area contributed by atoms with Crippen LogP contribution in [-0.4, -0.2) is 40.1 Å². The SMILES string of the molecule is CCOc1ccc(CNC(=O)C2CCN(c3nc4cccnc4n(C)c3=O)CC2)cc1. The number of carbonyl (C=O) groups excluding carboxylic acids is 1. The van der Waals surface area contributed by atoms with Crippen molar-refractivity contribution >= 4 is 22.9 Å². The van der Waals surface area contributed by atoms with Gasteiger partial charge in [0.15, 0.2) is 11.5 Å². The highest BCUT2D eigenvalue weighted by Gasteiger charge is 2.27. The third kappa shape index (κ3) is 4.52. The van der Waals surface area contributed by atoms with E-state index in [1.165, 1.54) is 4.57 Å². The Kier molecular flexibility index (Phi) is 6.16. The molecule has 0 spiro atoms. The van der Waals surface area contributed by atoms with Crippen LogP contribution in [0.2, 0.25) is 0 Å². The first-order valence-corrected chi connectivity index (χ1v) is 10.6. The molecule has 0 aliphatic carbocycles. The van der Waals surface area contributed by atoms with Gasteiger partial charge in [0, 0.05) is 38.8 Å². The maximum absolute atomic E-state index is 12.8. The van der Waals surface area contributed by atoms with Crippen LogP contribution in [0.15, 0.2) is 47.4 Å². The van der Waals surface area contributed by atoms with Crippen molar-refractivity contribution in [1.82, 2.24) is 19.9 Å². The summed E-state index contributed by atoms with van der Waals surface area (Å²) in [6.45, 7) is 4.31. The third-order valence-electron chi connectivity index (χ3n) is 5.67. The van der Waals surface area contributed by atoms with Crippen LogP contribution in [-0.2, 0) is 18.4 Å². The van der Waals surface area contributed by atoms with Crippen LogP contribution in [0.1, 0.15) is 25.3 Å². The summed E-state index contributed by atoms with van der Waals surface area (Å²) in [5, 5.41) is 3.03. The van der Waals surface area contributed by atoms with E-state index in [9.17, 15) is 9.59 Å². The molecule has 8 nitrogen and oxygen atoms in total. The smallest absolute Gasteiger partial charge is 0.294 e. The lowest BCUT2D eigenvalue weighted by molar-refractivity contribution is -0.125. The van der Waals surface area contributed by atoms with Crippen LogP contribution in [0.5, 0.6) is 5.75 Å². The molecule has 1 fully saturated rings. The Labute approximate surface area is 180 Å². The number of benzene rings is 1. The van der Waals surface area contributed by atoms with Gasteiger partial charge in [-0.05, 0) is 49.6 Å². The first-order chi connectivity index (χ1) is 15.1. The molecule has 1 amide bonds. The molecule has 1 saturated heterocycles. The highest BCUT2D eigenvalue weighted by Crippen LogP contribution is 2.21. The van der Waals surface area contributed by atoms with Gasteiger partial charge < -0.3 is 15.0 Å². The highest BCUT2D eigenvalue weighted by molar-refractivity contribution is 5.79. The molecule has 3 heterocycles. The Morgan fingerprint density at radius 2 is 1.94 bits per heavy atom. The number of piperidine rings is 1. The van der Waals surface area contributed by atoms with E-state index in [-0.39, 0.29) is 17.4 Å². The fourth-order valence-corrected chi connectivity index (χ4v) is 3.91. The molecule has 0 radical (unpaired) electrons. The van der Waals surface area contributed by atoms with Gasteiger partial charge >= 0.3 is 0 Å². The monoisotopic (exact) mass is 421 g/mol. The van der Waals surface area contributed by atoms with Crippen molar-refractivity contribution in [2.45, 2.75) is 26.3 Å². The van der Waals surface area contributed by atoms with Gasteiger partial charge in [-0.3, -0.25) is 14.2 Å². The molecule has 2 aromatic heterocycles. The number of amides is 1. The number of ether oxygens (including phenoxy) is 1. The van der Waals surface area contributed by atoms with Crippen molar-refractivity contribution in [2.24, 2.45) is 13.0 Å². The van der Waals surface area contributed by atoms with Crippen molar-refractivity contribution in [3.63, 3.8) is 0 Å². The second-order valence-corrected chi connectivity index (χ2v) is 7.70. The molecule has 4 rings (SSSR count). The largest absolute Gasteiger partial charge is 0.494 e. The Hall–Kier alpha value is -3.42. The van der Waals surface area contributed by atoms with Crippen molar-refractivity contribution in [1.29, 1.82) is 0 Å². The van der Waals surface area contributed by atoms with E-state index in [2.05, 4.69) is 15.3 Å². The van der Waals surface area contributed by atoms with Gasteiger partial charge in [-0.25, -0.2) is 9.97 Å². The van der Waals surface area contributed by atoms with E-state index in [0.29, 0.717) is 56.1 Å². The number of aromatic nitrogens is 3. The summed E-state index contributed by atoms with van der Waals surface area (Å²) in [5.41, 5.74) is 2.13. The lowest BCUT2D eigenvalue weighted by Gasteiger charge is -2.31. The van der Waals surface area contributed by atoms with Crippen LogP contribution in [0.3, 0.4) is 0 Å². The number of fused-ring (bicyclic) bond motifs is 1. The third-order valence-corrected chi connectivity index (χ3v) is 5.67. The molecular weight excluding hydrogens is 394 g/mol. The van der Waals surface area contributed by atoms with E-state index in [1.54, 1.807) is 13.2 Å². The van der Waals surface area contributed by atoms with Crippen LogP contribution in [0.4, 0.5) is 5.82 Å². The highest BCUT2D eigenvalue weighted by atomic mass is 16.5. The minimum absolute atomic E-state index is 0.0529. The van der Waals surface area contributed by atoms with Crippen molar-refractivity contribution < 1.29 is 9.53 Å². The zero-order valence-electron chi connectivity index (χ0n) is 17.9. The maximum Gasteiger partial charge on any atom is 0.294 e. The number of hydrogen-bond donors (Lipinski definition) is 1. The second-order valence-electron chi connectivity index (χ2n) is 7.70. The van der Waals surface area contributed by atoms with E-state index in [0.717, 1.165) is 11.3 Å². The minimum atomic E-state index is -0.162. The number of hydrogen-bond acceptors (Lipinski definition) is 6. The lowest BCUT2D eigenvalue weighted by Crippen LogP contribution is -2.43.